The van der Waals surface area contributed by atoms with E-state index >= 15 is 0 Å². The highest BCUT2D eigenvalue weighted by molar-refractivity contribution is 8.00. The van der Waals surface area contributed by atoms with E-state index in [-0.39, 0.29) is 17.4 Å². The Bertz CT molecular complexity index is 1550. The summed E-state index contributed by atoms with van der Waals surface area (Å²) in [5, 5.41) is 8.53. The van der Waals surface area contributed by atoms with Crippen LogP contribution in [0.5, 0.6) is 5.75 Å². The molecule has 0 spiro atoms. The molecule has 3 N–H and O–H groups in total. The summed E-state index contributed by atoms with van der Waals surface area (Å²) in [5.74, 6) is 0.00425. The number of carbonyl (C=O) groups excluding carboxylic acids is 3. The molecule has 0 aliphatic carbocycles. The Balaban J connectivity index is 1.41. The van der Waals surface area contributed by atoms with Crippen LogP contribution in [0.3, 0.4) is 0 Å². The summed E-state index contributed by atoms with van der Waals surface area (Å²) in [7, 11) is 0. The number of thioether (sulfide) groups is 1. The second kappa shape index (κ2) is 14.7. The number of anilines is 2. The van der Waals surface area contributed by atoms with Crippen LogP contribution in [-0.2, 0) is 9.59 Å². The first kappa shape index (κ1) is 30.1. The van der Waals surface area contributed by atoms with Gasteiger partial charge in [0.25, 0.3) is 11.8 Å². The molecular weight excluding hydrogens is 546 g/mol. The van der Waals surface area contributed by atoms with Crippen molar-refractivity contribution in [2.45, 2.75) is 25.7 Å². The van der Waals surface area contributed by atoms with Crippen molar-refractivity contribution >= 4 is 46.9 Å². The number of rotatable bonds is 11. The number of ether oxygens (including phenoxy) is 1. The molecule has 4 aromatic carbocycles. The van der Waals surface area contributed by atoms with E-state index in [1.807, 2.05) is 75.4 Å². The molecule has 0 aliphatic heterocycles. The molecule has 4 aromatic rings. The Kier molecular flexibility index (Phi) is 10.6. The minimum Gasteiger partial charge on any atom is -0.494 e. The van der Waals surface area contributed by atoms with Crippen molar-refractivity contribution in [2.24, 2.45) is 0 Å². The fourth-order valence-corrected chi connectivity index (χ4v) is 4.86. The highest BCUT2D eigenvalue weighted by atomic mass is 32.2. The summed E-state index contributed by atoms with van der Waals surface area (Å²) in [6, 6.07) is 29.1. The van der Waals surface area contributed by atoms with Gasteiger partial charge >= 0.3 is 0 Å². The summed E-state index contributed by atoms with van der Waals surface area (Å²) in [6.45, 7) is 6.44. The van der Waals surface area contributed by atoms with Gasteiger partial charge in [0.05, 0.1) is 12.4 Å². The van der Waals surface area contributed by atoms with Crippen molar-refractivity contribution in [2.75, 3.05) is 23.0 Å². The number of aryl methyl sites for hydroxylation is 2. The zero-order chi connectivity index (χ0) is 29.9. The van der Waals surface area contributed by atoms with Crippen molar-refractivity contribution in [3.63, 3.8) is 0 Å². The highest BCUT2D eigenvalue weighted by Gasteiger charge is 2.15. The van der Waals surface area contributed by atoms with Crippen LogP contribution >= 0.6 is 11.8 Å². The third-order valence-electron chi connectivity index (χ3n) is 6.02. The summed E-state index contributed by atoms with van der Waals surface area (Å²) < 4.78 is 5.50. The molecule has 0 atom stereocenters. The predicted molar refractivity (Wildman–Crippen MR) is 170 cm³/mol. The molecule has 214 valence electrons. The molecule has 0 aromatic heterocycles. The van der Waals surface area contributed by atoms with Crippen LogP contribution in [0.4, 0.5) is 11.4 Å². The quantitative estimate of drug-likeness (QED) is 0.134. The number of amides is 3. The maximum absolute atomic E-state index is 13.3. The molecular formula is C34H33N3O4S. The molecule has 42 heavy (non-hydrogen) atoms. The minimum absolute atomic E-state index is 0.0921. The lowest BCUT2D eigenvalue weighted by atomic mass is 10.1. The predicted octanol–water partition coefficient (Wildman–Crippen LogP) is 6.84. The third-order valence-corrected chi connectivity index (χ3v) is 7.03. The molecule has 0 bridgehead atoms. The lowest BCUT2D eigenvalue weighted by Crippen LogP contribution is -2.30. The van der Waals surface area contributed by atoms with E-state index in [0.29, 0.717) is 17.9 Å². The summed E-state index contributed by atoms with van der Waals surface area (Å²) in [4.78, 5) is 39.5. The van der Waals surface area contributed by atoms with E-state index in [0.717, 1.165) is 33.0 Å². The van der Waals surface area contributed by atoms with Crippen LogP contribution in [0.2, 0.25) is 0 Å². The van der Waals surface area contributed by atoms with Crippen LogP contribution in [0, 0.1) is 13.8 Å². The van der Waals surface area contributed by atoms with E-state index < -0.39 is 11.8 Å². The van der Waals surface area contributed by atoms with E-state index in [2.05, 4.69) is 22.0 Å². The Morgan fingerprint density at radius 2 is 1.45 bits per heavy atom. The van der Waals surface area contributed by atoms with Crippen LogP contribution in [0.15, 0.2) is 108 Å². The lowest BCUT2D eigenvalue weighted by molar-refractivity contribution is -0.114. The molecule has 4 rings (SSSR count). The van der Waals surface area contributed by atoms with Gasteiger partial charge in [-0.3, -0.25) is 14.4 Å². The van der Waals surface area contributed by atoms with Gasteiger partial charge in [0.1, 0.15) is 11.4 Å². The number of carbonyl (C=O) groups is 3. The first-order chi connectivity index (χ1) is 20.3. The molecule has 0 aliphatic rings. The molecule has 0 heterocycles. The van der Waals surface area contributed by atoms with Crippen molar-refractivity contribution in [1.29, 1.82) is 0 Å². The number of hydrogen-bond acceptors (Lipinski definition) is 5. The van der Waals surface area contributed by atoms with Crippen LogP contribution < -0.4 is 20.7 Å². The first-order valence-corrected chi connectivity index (χ1v) is 14.5. The van der Waals surface area contributed by atoms with Crippen molar-refractivity contribution in [1.82, 2.24) is 5.32 Å². The largest absolute Gasteiger partial charge is 0.494 e. The smallest absolute Gasteiger partial charge is 0.272 e. The maximum Gasteiger partial charge on any atom is 0.272 e. The first-order valence-electron chi connectivity index (χ1n) is 13.5. The van der Waals surface area contributed by atoms with E-state index in [4.69, 9.17) is 4.74 Å². The molecule has 3 amide bonds. The summed E-state index contributed by atoms with van der Waals surface area (Å²) in [6.07, 6.45) is 1.62. The van der Waals surface area contributed by atoms with Gasteiger partial charge in [0.2, 0.25) is 5.91 Å². The van der Waals surface area contributed by atoms with Crippen molar-refractivity contribution < 1.29 is 19.1 Å². The van der Waals surface area contributed by atoms with E-state index in [1.165, 1.54) is 11.8 Å². The van der Waals surface area contributed by atoms with Gasteiger partial charge in [-0.2, -0.15) is 0 Å². The summed E-state index contributed by atoms with van der Waals surface area (Å²) >= 11 is 1.40. The third kappa shape index (κ3) is 9.11. The van der Waals surface area contributed by atoms with Gasteiger partial charge in [-0.15, -0.1) is 11.8 Å². The molecule has 8 heteroatoms. The Labute approximate surface area is 250 Å². The fourth-order valence-electron chi connectivity index (χ4n) is 4.16. The van der Waals surface area contributed by atoms with Gasteiger partial charge in [0, 0.05) is 21.8 Å². The summed E-state index contributed by atoms with van der Waals surface area (Å²) in [5.41, 5.74) is 4.77. The van der Waals surface area contributed by atoms with Gasteiger partial charge < -0.3 is 20.7 Å². The van der Waals surface area contributed by atoms with E-state index in [9.17, 15) is 14.4 Å². The van der Waals surface area contributed by atoms with Crippen LogP contribution in [-0.4, -0.2) is 30.1 Å². The zero-order valence-corrected chi connectivity index (χ0v) is 24.6. The Morgan fingerprint density at radius 3 is 2.10 bits per heavy atom. The fraction of sp³-hybridized carbons (Fsp3) is 0.147. The number of nitrogens with one attached hydrogen (secondary N) is 3. The van der Waals surface area contributed by atoms with Crippen molar-refractivity contribution in [3.05, 3.63) is 125 Å². The number of hydrogen-bond donors (Lipinski definition) is 3. The van der Waals surface area contributed by atoms with E-state index in [1.54, 1.807) is 42.5 Å². The molecule has 0 radical (unpaired) electrons. The molecule has 0 saturated carbocycles. The van der Waals surface area contributed by atoms with Crippen molar-refractivity contribution in [3.8, 4) is 5.75 Å². The second-order valence-electron chi connectivity index (χ2n) is 9.57. The van der Waals surface area contributed by atoms with Crippen LogP contribution in [0.25, 0.3) is 6.08 Å². The Hall–Kier alpha value is -4.82. The van der Waals surface area contributed by atoms with Gasteiger partial charge in [-0.05, 0) is 104 Å². The molecule has 0 unspecified atom stereocenters. The molecule has 0 saturated heterocycles. The average Bonchev–Trinajstić information content (AvgIpc) is 2.97. The lowest BCUT2D eigenvalue weighted by Gasteiger charge is -2.12. The highest BCUT2D eigenvalue weighted by Crippen LogP contribution is 2.22. The molecule has 0 fully saturated rings. The maximum atomic E-state index is 13.3. The second-order valence-corrected chi connectivity index (χ2v) is 10.6. The SMILES string of the molecule is CCOc1ccc(/C=C(\NC(=O)c2ccccc2)C(=O)Nc2ccc(SCC(=O)Nc3cc(C)cc(C)c3)cc2)cc1. The normalized spacial score (nSPS) is 11.0. The van der Waals surface area contributed by atoms with Crippen LogP contribution in [0.1, 0.15) is 34.0 Å². The Morgan fingerprint density at radius 1 is 0.786 bits per heavy atom. The minimum atomic E-state index is -0.471. The average molecular weight is 580 g/mol. The van der Waals surface area contributed by atoms with Gasteiger partial charge in [-0.1, -0.05) is 36.4 Å². The van der Waals surface area contributed by atoms with Gasteiger partial charge in [0.15, 0.2) is 0 Å². The topological polar surface area (TPSA) is 96.5 Å². The van der Waals surface area contributed by atoms with Gasteiger partial charge in [-0.25, -0.2) is 0 Å². The zero-order valence-electron chi connectivity index (χ0n) is 23.8. The monoisotopic (exact) mass is 579 g/mol. The standard InChI is InChI=1S/C34H33N3O4S/c1-4-41-29-14-10-25(11-15-29)21-31(37-33(39)26-8-6-5-7-9-26)34(40)36-27-12-16-30(17-13-27)42-22-32(38)35-28-19-23(2)18-24(3)20-28/h5-21H,4,22H2,1-3H3,(H,35,38)(H,36,40)(H,37,39)/b31-21-. The molecule has 7 nitrogen and oxygen atoms in total. The number of benzene rings is 4.